The number of anilines is 1. The molecule has 0 unspecified atom stereocenters. The Morgan fingerprint density at radius 1 is 1.42 bits per heavy atom. The van der Waals surface area contributed by atoms with Crippen molar-refractivity contribution < 1.29 is 9.53 Å². The zero-order valence-corrected chi connectivity index (χ0v) is 11.7. The van der Waals surface area contributed by atoms with Crippen molar-refractivity contribution in [3.8, 4) is 0 Å². The Morgan fingerprint density at radius 3 is 2.74 bits per heavy atom. The maximum Gasteiger partial charge on any atom is 0.358 e. The van der Waals surface area contributed by atoms with E-state index in [9.17, 15) is 4.79 Å². The molecule has 0 bridgehead atoms. The van der Waals surface area contributed by atoms with E-state index in [1.54, 1.807) is 6.20 Å². The summed E-state index contributed by atoms with van der Waals surface area (Å²) < 4.78 is 4.66. The van der Waals surface area contributed by atoms with Crippen LogP contribution in [0.5, 0.6) is 0 Å². The molecule has 1 aromatic heterocycles. The number of hydrogen-bond acceptors (Lipinski definition) is 6. The molecule has 2 heterocycles. The van der Waals surface area contributed by atoms with Gasteiger partial charge in [-0.15, -0.1) is 0 Å². The summed E-state index contributed by atoms with van der Waals surface area (Å²) in [4.78, 5) is 24.3. The van der Waals surface area contributed by atoms with E-state index < -0.39 is 5.97 Å². The second-order valence-corrected chi connectivity index (χ2v) is 4.90. The van der Waals surface area contributed by atoms with Gasteiger partial charge in [0.05, 0.1) is 19.5 Å². The number of piperidine rings is 1. The average molecular weight is 264 g/mol. The van der Waals surface area contributed by atoms with Gasteiger partial charge in [-0.2, -0.15) is 0 Å². The van der Waals surface area contributed by atoms with Crippen molar-refractivity contribution in [2.24, 2.45) is 0 Å². The molecule has 0 atom stereocenters. The van der Waals surface area contributed by atoms with E-state index in [1.807, 2.05) is 7.05 Å². The summed E-state index contributed by atoms with van der Waals surface area (Å²) in [7, 11) is 5.48. The summed E-state index contributed by atoms with van der Waals surface area (Å²) in [5.41, 5.74) is 0.250. The Hall–Kier alpha value is -1.69. The molecule has 0 radical (unpaired) electrons. The van der Waals surface area contributed by atoms with E-state index in [-0.39, 0.29) is 5.69 Å². The molecule has 0 N–H and O–H groups in total. The summed E-state index contributed by atoms with van der Waals surface area (Å²) in [6.07, 6.45) is 5.30. The molecule has 0 aromatic carbocycles. The average Bonchev–Trinajstić information content (AvgIpc) is 2.46. The van der Waals surface area contributed by atoms with Crippen LogP contribution in [0.4, 0.5) is 5.82 Å². The fraction of sp³-hybridized carbons (Fsp3) is 0.615. The van der Waals surface area contributed by atoms with Crippen molar-refractivity contribution in [3.05, 3.63) is 18.1 Å². The first-order chi connectivity index (χ1) is 9.11. The molecular weight excluding hydrogens is 244 g/mol. The molecule has 1 aromatic rings. The maximum atomic E-state index is 11.5. The normalized spacial score (nSPS) is 17.2. The Kier molecular flexibility index (Phi) is 4.31. The van der Waals surface area contributed by atoms with Crippen LogP contribution in [0.3, 0.4) is 0 Å². The fourth-order valence-electron chi connectivity index (χ4n) is 2.30. The number of methoxy groups -OCH3 is 1. The van der Waals surface area contributed by atoms with E-state index in [2.05, 4.69) is 31.6 Å². The number of carbonyl (C=O) groups excluding carboxylic acids is 1. The lowest BCUT2D eigenvalue weighted by Crippen LogP contribution is -2.42. The molecule has 1 aliphatic heterocycles. The predicted molar refractivity (Wildman–Crippen MR) is 72.3 cm³/mol. The zero-order chi connectivity index (χ0) is 13.8. The van der Waals surface area contributed by atoms with Gasteiger partial charge in [0.15, 0.2) is 5.69 Å². The first kappa shape index (κ1) is 13.7. The molecule has 0 aliphatic carbocycles. The number of aromatic nitrogens is 2. The molecule has 19 heavy (non-hydrogen) atoms. The van der Waals surface area contributed by atoms with Gasteiger partial charge in [-0.1, -0.05) is 0 Å². The van der Waals surface area contributed by atoms with Gasteiger partial charge in [-0.25, -0.2) is 9.78 Å². The van der Waals surface area contributed by atoms with Gasteiger partial charge in [0.25, 0.3) is 0 Å². The Balaban J connectivity index is 2.10. The van der Waals surface area contributed by atoms with E-state index in [4.69, 9.17) is 0 Å². The third-order valence-electron chi connectivity index (χ3n) is 3.61. The van der Waals surface area contributed by atoms with Crippen LogP contribution in [-0.4, -0.2) is 61.2 Å². The first-order valence-electron chi connectivity index (χ1n) is 6.43. The van der Waals surface area contributed by atoms with Crippen LogP contribution in [0, 0.1) is 0 Å². The monoisotopic (exact) mass is 264 g/mol. The number of ether oxygens (including phenoxy) is 1. The highest BCUT2D eigenvalue weighted by Gasteiger charge is 2.22. The van der Waals surface area contributed by atoms with Gasteiger partial charge >= 0.3 is 5.97 Å². The van der Waals surface area contributed by atoms with Crippen LogP contribution in [0.25, 0.3) is 0 Å². The molecule has 2 rings (SSSR count). The molecule has 0 spiro atoms. The van der Waals surface area contributed by atoms with E-state index >= 15 is 0 Å². The van der Waals surface area contributed by atoms with Crippen LogP contribution in [0.1, 0.15) is 23.3 Å². The van der Waals surface area contributed by atoms with Gasteiger partial charge in [-0.3, -0.25) is 4.98 Å². The van der Waals surface area contributed by atoms with Gasteiger partial charge in [0, 0.05) is 13.1 Å². The molecule has 104 valence electrons. The third-order valence-corrected chi connectivity index (χ3v) is 3.61. The smallest absolute Gasteiger partial charge is 0.358 e. The Morgan fingerprint density at radius 2 is 2.11 bits per heavy atom. The fourth-order valence-corrected chi connectivity index (χ4v) is 2.30. The van der Waals surface area contributed by atoms with Crippen LogP contribution in [0.2, 0.25) is 0 Å². The van der Waals surface area contributed by atoms with Crippen molar-refractivity contribution in [3.63, 3.8) is 0 Å². The Labute approximate surface area is 113 Å². The highest BCUT2D eigenvalue weighted by molar-refractivity contribution is 5.87. The first-order valence-corrected chi connectivity index (χ1v) is 6.43. The second-order valence-electron chi connectivity index (χ2n) is 4.90. The number of rotatable bonds is 3. The molecule has 0 amide bonds. The highest BCUT2D eigenvalue weighted by atomic mass is 16.5. The topological polar surface area (TPSA) is 58.6 Å². The maximum absolute atomic E-state index is 11.5. The molecule has 1 saturated heterocycles. The van der Waals surface area contributed by atoms with Crippen molar-refractivity contribution >= 4 is 11.8 Å². The number of likely N-dealkylation sites (tertiary alicyclic amines) is 1. The molecule has 6 nitrogen and oxygen atoms in total. The standard InChI is InChI=1S/C13H20N4O2/c1-16-6-4-10(5-7-16)17(2)12-9-14-8-11(15-12)13(18)19-3/h8-10H,4-7H2,1-3H3. The summed E-state index contributed by atoms with van der Waals surface area (Å²) in [6, 6.07) is 0.443. The summed E-state index contributed by atoms with van der Waals surface area (Å²) >= 11 is 0. The number of esters is 1. The van der Waals surface area contributed by atoms with Gasteiger partial charge in [-0.05, 0) is 33.0 Å². The lowest BCUT2D eigenvalue weighted by molar-refractivity contribution is 0.0593. The van der Waals surface area contributed by atoms with Crippen molar-refractivity contribution in [2.75, 3.05) is 39.2 Å². The zero-order valence-electron chi connectivity index (χ0n) is 11.7. The van der Waals surface area contributed by atoms with Crippen LogP contribution in [0.15, 0.2) is 12.4 Å². The third kappa shape index (κ3) is 3.20. The van der Waals surface area contributed by atoms with E-state index in [1.165, 1.54) is 13.3 Å². The van der Waals surface area contributed by atoms with Crippen LogP contribution in [-0.2, 0) is 4.74 Å². The number of nitrogens with zero attached hydrogens (tertiary/aromatic N) is 4. The molecule has 0 saturated carbocycles. The highest BCUT2D eigenvalue weighted by Crippen LogP contribution is 2.19. The van der Waals surface area contributed by atoms with Crippen molar-refractivity contribution in [1.29, 1.82) is 0 Å². The summed E-state index contributed by atoms with van der Waals surface area (Å²) in [5, 5.41) is 0. The van der Waals surface area contributed by atoms with Crippen molar-refractivity contribution in [2.45, 2.75) is 18.9 Å². The van der Waals surface area contributed by atoms with E-state index in [0.29, 0.717) is 6.04 Å². The quantitative estimate of drug-likeness (QED) is 0.752. The van der Waals surface area contributed by atoms with Gasteiger partial charge < -0.3 is 14.5 Å². The predicted octanol–water partition coefficient (Wildman–Crippen LogP) is 0.794. The van der Waals surface area contributed by atoms with Gasteiger partial charge in [0.1, 0.15) is 5.82 Å². The lowest BCUT2D eigenvalue weighted by atomic mass is 10.0. The summed E-state index contributed by atoms with van der Waals surface area (Å²) in [5.74, 6) is 0.267. The van der Waals surface area contributed by atoms with E-state index in [0.717, 1.165) is 31.7 Å². The molecule has 1 aliphatic rings. The van der Waals surface area contributed by atoms with Crippen LogP contribution < -0.4 is 4.90 Å². The lowest BCUT2D eigenvalue weighted by Gasteiger charge is -2.35. The molecular formula is C13H20N4O2. The van der Waals surface area contributed by atoms with Crippen LogP contribution >= 0.6 is 0 Å². The molecule has 1 fully saturated rings. The second kappa shape index (κ2) is 5.97. The minimum absolute atomic E-state index is 0.250. The van der Waals surface area contributed by atoms with Crippen molar-refractivity contribution in [1.82, 2.24) is 14.9 Å². The summed E-state index contributed by atoms with van der Waals surface area (Å²) in [6.45, 7) is 2.16. The molecule has 6 heteroatoms. The Bertz CT molecular complexity index is 444. The largest absolute Gasteiger partial charge is 0.464 e. The SMILES string of the molecule is COC(=O)c1cncc(N(C)C2CCN(C)CC2)n1. The minimum Gasteiger partial charge on any atom is -0.464 e. The number of carbonyl (C=O) groups is 1. The minimum atomic E-state index is -0.453. The van der Waals surface area contributed by atoms with Gasteiger partial charge in [0.2, 0.25) is 0 Å². The number of hydrogen-bond donors (Lipinski definition) is 0.